The molecule has 21 heavy (non-hydrogen) atoms. The third-order valence-corrected chi connectivity index (χ3v) is 4.73. The molecular weight excluding hydrogens is 441 g/mol. The molecule has 0 heterocycles. The van der Waals surface area contributed by atoms with Gasteiger partial charge in [-0.2, -0.15) is 0 Å². The van der Waals surface area contributed by atoms with Crippen LogP contribution >= 0.6 is 38.5 Å². The number of nitrogens with one attached hydrogen (secondary N) is 1. The van der Waals surface area contributed by atoms with Crippen LogP contribution in [0.1, 0.15) is 29.7 Å². The molecule has 0 fully saturated rings. The molecule has 0 bridgehead atoms. The quantitative estimate of drug-likeness (QED) is 0.630. The Hall–Kier alpha value is -0.590. The maximum absolute atomic E-state index is 5.81. The molecule has 4 heteroatoms. The van der Waals surface area contributed by atoms with Gasteiger partial charge in [0, 0.05) is 13.6 Å². The van der Waals surface area contributed by atoms with Crippen molar-refractivity contribution in [3.63, 3.8) is 0 Å². The van der Waals surface area contributed by atoms with Crippen LogP contribution in [0.2, 0.25) is 0 Å². The van der Waals surface area contributed by atoms with Crippen molar-refractivity contribution in [3.05, 3.63) is 61.1 Å². The molecule has 0 aliphatic carbocycles. The van der Waals surface area contributed by atoms with E-state index in [1.807, 2.05) is 14.0 Å². The molecule has 0 radical (unpaired) electrons. The van der Waals surface area contributed by atoms with Crippen molar-refractivity contribution in [1.82, 2.24) is 5.32 Å². The number of rotatable bonds is 5. The van der Waals surface area contributed by atoms with Crippen molar-refractivity contribution in [3.8, 4) is 5.75 Å². The monoisotopic (exact) mass is 459 g/mol. The Morgan fingerprint density at radius 1 is 1.19 bits per heavy atom. The van der Waals surface area contributed by atoms with Gasteiger partial charge in [0.2, 0.25) is 0 Å². The molecule has 1 unspecified atom stereocenters. The number of halogens is 2. The van der Waals surface area contributed by atoms with E-state index < -0.39 is 0 Å². The maximum atomic E-state index is 5.81. The van der Waals surface area contributed by atoms with Gasteiger partial charge >= 0.3 is 0 Å². The highest BCUT2D eigenvalue weighted by Gasteiger charge is 2.19. The van der Waals surface area contributed by atoms with Crippen molar-refractivity contribution in [1.29, 1.82) is 0 Å². The lowest BCUT2D eigenvalue weighted by Crippen LogP contribution is -2.19. The van der Waals surface area contributed by atoms with Gasteiger partial charge in [-0.05, 0) is 73.3 Å². The second-order valence-corrected chi connectivity index (χ2v) is 6.96. The summed E-state index contributed by atoms with van der Waals surface area (Å²) < 4.78 is 8.13. The fraction of sp³-hybridized carbons (Fsp3) is 0.294. The van der Waals surface area contributed by atoms with Crippen LogP contribution in [0.4, 0.5) is 0 Å². The Morgan fingerprint density at radius 3 is 2.62 bits per heavy atom. The first-order valence-electron chi connectivity index (χ1n) is 6.92. The molecule has 112 valence electrons. The molecule has 0 spiro atoms. The van der Waals surface area contributed by atoms with Crippen molar-refractivity contribution >= 4 is 38.5 Å². The molecule has 1 N–H and O–H groups in total. The molecule has 0 saturated carbocycles. The lowest BCUT2D eigenvalue weighted by Gasteiger charge is -2.22. The van der Waals surface area contributed by atoms with E-state index in [4.69, 9.17) is 4.74 Å². The average molecular weight is 460 g/mol. The Labute approximate surface area is 148 Å². The standard InChI is InChI=1S/C17H19BrINO/c1-4-21-16-8-5-11(2)9-14(16)17(20-3)13-10-12(19)6-7-15(13)18/h5-10,17,20H,4H2,1-3H3. The molecule has 1 atom stereocenters. The number of ether oxygens (including phenoxy) is 1. The number of benzene rings is 2. The predicted octanol–water partition coefficient (Wildman–Crippen LogP) is 5.07. The largest absolute Gasteiger partial charge is 0.494 e. The summed E-state index contributed by atoms with van der Waals surface area (Å²) in [5.74, 6) is 0.938. The molecule has 0 aliphatic heterocycles. The third-order valence-electron chi connectivity index (χ3n) is 3.33. The third kappa shape index (κ3) is 3.99. The molecule has 0 saturated heterocycles. The zero-order chi connectivity index (χ0) is 15.4. The molecule has 2 aromatic rings. The zero-order valence-electron chi connectivity index (χ0n) is 12.4. The van der Waals surface area contributed by atoms with Gasteiger partial charge in [-0.1, -0.05) is 33.6 Å². The van der Waals surface area contributed by atoms with Gasteiger partial charge in [-0.3, -0.25) is 0 Å². The van der Waals surface area contributed by atoms with E-state index in [1.165, 1.54) is 20.3 Å². The van der Waals surface area contributed by atoms with E-state index in [1.54, 1.807) is 0 Å². The summed E-state index contributed by atoms with van der Waals surface area (Å²) in [6.07, 6.45) is 0. The Bertz CT molecular complexity index is 630. The van der Waals surface area contributed by atoms with Gasteiger partial charge in [0.25, 0.3) is 0 Å². The van der Waals surface area contributed by atoms with Crippen molar-refractivity contribution < 1.29 is 4.74 Å². The first kappa shape index (κ1) is 16.8. The zero-order valence-corrected chi connectivity index (χ0v) is 16.2. The van der Waals surface area contributed by atoms with Crippen LogP contribution in [0.15, 0.2) is 40.9 Å². The van der Waals surface area contributed by atoms with E-state index in [0.29, 0.717) is 6.61 Å². The molecule has 0 amide bonds. The molecule has 2 rings (SSSR count). The van der Waals surface area contributed by atoms with Crippen LogP contribution in [-0.2, 0) is 0 Å². The normalized spacial score (nSPS) is 12.2. The van der Waals surface area contributed by atoms with Crippen molar-refractivity contribution in [2.24, 2.45) is 0 Å². The summed E-state index contributed by atoms with van der Waals surface area (Å²) in [7, 11) is 1.98. The number of aryl methyl sites for hydroxylation is 1. The lowest BCUT2D eigenvalue weighted by molar-refractivity contribution is 0.334. The summed E-state index contributed by atoms with van der Waals surface area (Å²) in [5.41, 5.74) is 3.62. The van der Waals surface area contributed by atoms with Crippen LogP contribution in [0, 0.1) is 10.5 Å². The Balaban J connectivity index is 2.55. The van der Waals surface area contributed by atoms with E-state index in [9.17, 15) is 0 Å². The molecule has 2 nitrogen and oxygen atoms in total. The topological polar surface area (TPSA) is 21.3 Å². The smallest absolute Gasteiger partial charge is 0.124 e. The lowest BCUT2D eigenvalue weighted by atomic mass is 9.96. The van der Waals surface area contributed by atoms with Gasteiger partial charge in [0.05, 0.1) is 12.6 Å². The van der Waals surface area contributed by atoms with Gasteiger partial charge in [0.15, 0.2) is 0 Å². The fourth-order valence-corrected chi connectivity index (χ4v) is 3.39. The van der Waals surface area contributed by atoms with Gasteiger partial charge in [0.1, 0.15) is 5.75 Å². The minimum absolute atomic E-state index is 0.0931. The first-order valence-corrected chi connectivity index (χ1v) is 8.79. The summed E-state index contributed by atoms with van der Waals surface area (Å²) in [4.78, 5) is 0. The van der Waals surface area contributed by atoms with E-state index in [0.717, 1.165) is 10.2 Å². The molecular formula is C17H19BrINO. The van der Waals surface area contributed by atoms with Crippen LogP contribution in [0.5, 0.6) is 5.75 Å². The van der Waals surface area contributed by atoms with Crippen molar-refractivity contribution in [2.45, 2.75) is 19.9 Å². The average Bonchev–Trinajstić information content (AvgIpc) is 2.46. The van der Waals surface area contributed by atoms with Gasteiger partial charge < -0.3 is 10.1 Å². The second-order valence-electron chi connectivity index (χ2n) is 4.86. The highest BCUT2D eigenvalue weighted by atomic mass is 127. The van der Waals surface area contributed by atoms with Crippen LogP contribution in [-0.4, -0.2) is 13.7 Å². The number of hydrogen-bond acceptors (Lipinski definition) is 2. The van der Waals surface area contributed by atoms with Crippen LogP contribution in [0.3, 0.4) is 0 Å². The minimum Gasteiger partial charge on any atom is -0.494 e. The molecule has 2 aromatic carbocycles. The number of hydrogen-bond donors (Lipinski definition) is 1. The van der Waals surface area contributed by atoms with Crippen molar-refractivity contribution in [2.75, 3.05) is 13.7 Å². The fourth-order valence-electron chi connectivity index (χ4n) is 2.39. The van der Waals surface area contributed by atoms with E-state index in [2.05, 4.69) is 87.2 Å². The molecule has 0 aromatic heterocycles. The summed E-state index contributed by atoms with van der Waals surface area (Å²) in [6.45, 7) is 4.79. The maximum Gasteiger partial charge on any atom is 0.124 e. The van der Waals surface area contributed by atoms with E-state index in [-0.39, 0.29) is 6.04 Å². The van der Waals surface area contributed by atoms with E-state index >= 15 is 0 Å². The highest BCUT2D eigenvalue weighted by molar-refractivity contribution is 14.1. The van der Waals surface area contributed by atoms with Crippen LogP contribution < -0.4 is 10.1 Å². The van der Waals surface area contributed by atoms with Gasteiger partial charge in [-0.25, -0.2) is 0 Å². The summed E-state index contributed by atoms with van der Waals surface area (Å²) in [5, 5.41) is 3.42. The Kier molecular flexibility index (Phi) is 6.08. The van der Waals surface area contributed by atoms with Gasteiger partial charge in [-0.15, -0.1) is 0 Å². The first-order chi connectivity index (χ1) is 10.1. The van der Waals surface area contributed by atoms with Crippen LogP contribution in [0.25, 0.3) is 0 Å². The summed E-state index contributed by atoms with van der Waals surface area (Å²) >= 11 is 6.01. The SMILES string of the molecule is CCOc1ccc(C)cc1C(NC)c1cc(I)ccc1Br. The predicted molar refractivity (Wildman–Crippen MR) is 100 cm³/mol. The summed E-state index contributed by atoms with van der Waals surface area (Å²) in [6, 6.07) is 12.8. The second kappa shape index (κ2) is 7.61. The molecule has 0 aliphatic rings. The Morgan fingerprint density at radius 2 is 1.95 bits per heavy atom. The highest BCUT2D eigenvalue weighted by Crippen LogP contribution is 2.35. The minimum atomic E-state index is 0.0931.